The molecule has 1 N–H and O–H groups in total. The Kier molecular flexibility index (Phi) is 2.54. The summed E-state index contributed by atoms with van der Waals surface area (Å²) in [6, 6.07) is 0.643. The molecular weight excluding hydrogens is 162 g/mol. The lowest BCUT2D eigenvalue weighted by molar-refractivity contribution is 0.598. The molecule has 3 heteroatoms. The second kappa shape index (κ2) is 3.83. The van der Waals surface area contributed by atoms with Crippen LogP contribution in [0.2, 0.25) is 0 Å². The van der Waals surface area contributed by atoms with Crippen LogP contribution in [0.1, 0.15) is 24.1 Å². The van der Waals surface area contributed by atoms with Gasteiger partial charge in [-0.05, 0) is 38.3 Å². The van der Waals surface area contributed by atoms with E-state index in [1.54, 1.807) is 6.33 Å². The number of nitrogens with one attached hydrogen (secondary N) is 1. The summed E-state index contributed by atoms with van der Waals surface area (Å²) in [5.41, 5.74) is 2.39. The fourth-order valence-electron chi connectivity index (χ4n) is 1.82. The lowest BCUT2D eigenvalue weighted by Crippen LogP contribution is -2.24. The normalized spacial score (nSPS) is 22.1. The van der Waals surface area contributed by atoms with Gasteiger partial charge in [-0.25, -0.2) is 9.97 Å². The molecule has 0 aliphatic carbocycles. The predicted molar refractivity (Wildman–Crippen MR) is 51.5 cm³/mol. The Morgan fingerprint density at radius 2 is 2.54 bits per heavy atom. The summed E-state index contributed by atoms with van der Waals surface area (Å²) >= 11 is 0. The SMILES string of the molecule is Cc1ncncc1CC1CCCN1. The number of hydrogen-bond donors (Lipinski definition) is 1. The van der Waals surface area contributed by atoms with Crippen LogP contribution in [0.15, 0.2) is 12.5 Å². The van der Waals surface area contributed by atoms with Gasteiger partial charge in [-0.2, -0.15) is 0 Å². The lowest BCUT2D eigenvalue weighted by Gasteiger charge is -2.10. The maximum absolute atomic E-state index is 4.18. The van der Waals surface area contributed by atoms with Gasteiger partial charge in [0.15, 0.2) is 0 Å². The summed E-state index contributed by atoms with van der Waals surface area (Å²) in [6.07, 6.45) is 7.21. The summed E-state index contributed by atoms with van der Waals surface area (Å²) in [5, 5.41) is 3.48. The fraction of sp³-hybridized carbons (Fsp3) is 0.600. The molecule has 0 amide bonds. The first kappa shape index (κ1) is 8.63. The summed E-state index contributed by atoms with van der Waals surface area (Å²) in [4.78, 5) is 8.23. The van der Waals surface area contributed by atoms with Crippen LogP contribution in [0.3, 0.4) is 0 Å². The Balaban J connectivity index is 2.04. The number of aromatic nitrogens is 2. The van der Waals surface area contributed by atoms with Crippen LogP contribution < -0.4 is 5.32 Å². The summed E-state index contributed by atoms with van der Waals surface area (Å²) < 4.78 is 0. The van der Waals surface area contributed by atoms with Crippen LogP contribution in [0.25, 0.3) is 0 Å². The van der Waals surface area contributed by atoms with Crippen molar-refractivity contribution in [1.29, 1.82) is 0 Å². The molecule has 1 aromatic heterocycles. The van der Waals surface area contributed by atoms with Crippen molar-refractivity contribution in [3.63, 3.8) is 0 Å². The minimum absolute atomic E-state index is 0.643. The highest BCUT2D eigenvalue weighted by molar-refractivity contribution is 5.15. The van der Waals surface area contributed by atoms with Crippen molar-refractivity contribution in [2.75, 3.05) is 6.54 Å². The molecule has 3 nitrogen and oxygen atoms in total. The maximum Gasteiger partial charge on any atom is 0.115 e. The minimum Gasteiger partial charge on any atom is -0.314 e. The zero-order chi connectivity index (χ0) is 9.10. The van der Waals surface area contributed by atoms with E-state index < -0.39 is 0 Å². The van der Waals surface area contributed by atoms with Crippen molar-refractivity contribution < 1.29 is 0 Å². The summed E-state index contributed by atoms with van der Waals surface area (Å²) in [7, 11) is 0. The second-order valence-corrected chi connectivity index (χ2v) is 3.63. The molecule has 0 spiro atoms. The Morgan fingerprint density at radius 3 is 3.23 bits per heavy atom. The molecule has 1 aromatic rings. The smallest absolute Gasteiger partial charge is 0.115 e. The van der Waals surface area contributed by atoms with E-state index in [-0.39, 0.29) is 0 Å². The van der Waals surface area contributed by atoms with Gasteiger partial charge in [-0.1, -0.05) is 0 Å². The van der Waals surface area contributed by atoms with Crippen LogP contribution in [0.4, 0.5) is 0 Å². The van der Waals surface area contributed by atoms with Crippen molar-refractivity contribution in [2.24, 2.45) is 0 Å². The fourth-order valence-corrected chi connectivity index (χ4v) is 1.82. The van der Waals surface area contributed by atoms with Crippen LogP contribution in [0, 0.1) is 6.92 Å². The molecule has 1 aliphatic heterocycles. The molecule has 1 fully saturated rings. The number of rotatable bonds is 2. The van der Waals surface area contributed by atoms with Crippen molar-refractivity contribution >= 4 is 0 Å². The molecule has 1 aliphatic rings. The third-order valence-electron chi connectivity index (χ3n) is 2.64. The monoisotopic (exact) mass is 177 g/mol. The Labute approximate surface area is 78.6 Å². The Hall–Kier alpha value is -0.960. The third-order valence-corrected chi connectivity index (χ3v) is 2.64. The van der Waals surface area contributed by atoms with E-state index >= 15 is 0 Å². The number of hydrogen-bond acceptors (Lipinski definition) is 3. The lowest BCUT2D eigenvalue weighted by atomic mass is 10.1. The summed E-state index contributed by atoms with van der Waals surface area (Å²) in [5.74, 6) is 0. The molecule has 1 atom stereocenters. The van der Waals surface area contributed by atoms with Crippen LogP contribution in [-0.2, 0) is 6.42 Å². The van der Waals surface area contributed by atoms with Crippen LogP contribution >= 0.6 is 0 Å². The highest BCUT2D eigenvalue weighted by atomic mass is 14.9. The topological polar surface area (TPSA) is 37.8 Å². The Morgan fingerprint density at radius 1 is 1.62 bits per heavy atom. The molecule has 0 aromatic carbocycles. The van der Waals surface area contributed by atoms with Crippen LogP contribution in [0.5, 0.6) is 0 Å². The third kappa shape index (κ3) is 2.04. The average molecular weight is 177 g/mol. The highest BCUT2D eigenvalue weighted by Crippen LogP contribution is 2.12. The number of aryl methyl sites for hydroxylation is 1. The van der Waals surface area contributed by atoms with Gasteiger partial charge in [-0.15, -0.1) is 0 Å². The van der Waals surface area contributed by atoms with Gasteiger partial charge < -0.3 is 5.32 Å². The minimum atomic E-state index is 0.643. The molecule has 0 bridgehead atoms. The van der Waals surface area contributed by atoms with Gasteiger partial charge in [0, 0.05) is 17.9 Å². The average Bonchev–Trinajstić information content (AvgIpc) is 2.61. The van der Waals surface area contributed by atoms with E-state index in [9.17, 15) is 0 Å². The van der Waals surface area contributed by atoms with E-state index in [0.29, 0.717) is 6.04 Å². The van der Waals surface area contributed by atoms with Crippen molar-refractivity contribution in [1.82, 2.24) is 15.3 Å². The highest BCUT2D eigenvalue weighted by Gasteiger charge is 2.15. The maximum atomic E-state index is 4.18. The van der Waals surface area contributed by atoms with E-state index in [1.165, 1.54) is 18.4 Å². The van der Waals surface area contributed by atoms with E-state index in [1.807, 2.05) is 13.1 Å². The van der Waals surface area contributed by atoms with Gasteiger partial charge in [0.2, 0.25) is 0 Å². The standard InChI is InChI=1S/C10H15N3/c1-8-9(6-11-7-13-8)5-10-3-2-4-12-10/h6-7,10,12H,2-5H2,1H3. The zero-order valence-electron chi connectivity index (χ0n) is 7.95. The molecule has 2 rings (SSSR count). The molecule has 13 heavy (non-hydrogen) atoms. The molecular formula is C10H15N3. The quantitative estimate of drug-likeness (QED) is 0.734. The first-order valence-corrected chi connectivity index (χ1v) is 4.85. The van der Waals surface area contributed by atoms with Gasteiger partial charge in [0.05, 0.1) is 0 Å². The van der Waals surface area contributed by atoms with Gasteiger partial charge in [0.1, 0.15) is 6.33 Å². The molecule has 70 valence electrons. The van der Waals surface area contributed by atoms with Crippen molar-refractivity contribution in [2.45, 2.75) is 32.2 Å². The van der Waals surface area contributed by atoms with Gasteiger partial charge in [0.25, 0.3) is 0 Å². The van der Waals surface area contributed by atoms with E-state index in [0.717, 1.165) is 18.7 Å². The predicted octanol–water partition coefficient (Wildman–Crippen LogP) is 1.08. The molecule has 2 heterocycles. The zero-order valence-corrected chi connectivity index (χ0v) is 7.95. The first-order chi connectivity index (χ1) is 6.36. The van der Waals surface area contributed by atoms with Gasteiger partial charge >= 0.3 is 0 Å². The van der Waals surface area contributed by atoms with Gasteiger partial charge in [-0.3, -0.25) is 0 Å². The Bertz CT molecular complexity index is 279. The molecule has 0 radical (unpaired) electrons. The molecule has 1 saturated heterocycles. The van der Waals surface area contributed by atoms with Crippen molar-refractivity contribution in [3.8, 4) is 0 Å². The summed E-state index contributed by atoms with van der Waals surface area (Å²) in [6.45, 7) is 3.21. The van der Waals surface area contributed by atoms with Crippen LogP contribution in [-0.4, -0.2) is 22.6 Å². The van der Waals surface area contributed by atoms with Crippen molar-refractivity contribution in [3.05, 3.63) is 23.8 Å². The number of nitrogens with zero attached hydrogens (tertiary/aromatic N) is 2. The molecule has 1 unspecified atom stereocenters. The molecule has 0 saturated carbocycles. The largest absolute Gasteiger partial charge is 0.314 e. The van der Waals surface area contributed by atoms with E-state index in [2.05, 4.69) is 15.3 Å². The second-order valence-electron chi connectivity index (χ2n) is 3.63. The first-order valence-electron chi connectivity index (χ1n) is 4.85. The van der Waals surface area contributed by atoms with E-state index in [4.69, 9.17) is 0 Å².